The van der Waals surface area contributed by atoms with Crippen molar-refractivity contribution < 1.29 is 13.9 Å². The summed E-state index contributed by atoms with van der Waals surface area (Å²) >= 11 is 0. The summed E-state index contributed by atoms with van der Waals surface area (Å²) in [4.78, 5) is 11.9. The number of hydrogen-bond donors (Lipinski definition) is 1. The molecular formula is C16H21N3O3. The van der Waals surface area contributed by atoms with Gasteiger partial charge in [-0.3, -0.25) is 4.79 Å². The van der Waals surface area contributed by atoms with Gasteiger partial charge in [0.25, 0.3) is 0 Å². The molecule has 2 aromatic rings. The Labute approximate surface area is 129 Å². The number of carbonyl (C=O) groups excluding carboxylic acids is 1. The van der Waals surface area contributed by atoms with Gasteiger partial charge in [0.15, 0.2) is 0 Å². The molecule has 0 bridgehead atoms. The third-order valence-corrected chi connectivity index (χ3v) is 3.23. The standard InChI is InChI=1S/C16H21N3O3/c1-11(2)16-19-18-15(22-16)10-17-14(20)9-8-12-6-4-5-7-13(12)21-3/h4-7,11H,8-10H2,1-3H3,(H,17,20). The van der Waals surface area contributed by atoms with E-state index in [1.807, 2.05) is 38.1 Å². The number of carbonyl (C=O) groups is 1. The minimum absolute atomic E-state index is 0.0600. The fourth-order valence-electron chi connectivity index (χ4n) is 1.99. The summed E-state index contributed by atoms with van der Waals surface area (Å²) in [7, 11) is 1.63. The Bertz CT molecular complexity index is 623. The van der Waals surface area contributed by atoms with E-state index in [0.717, 1.165) is 11.3 Å². The SMILES string of the molecule is COc1ccccc1CCC(=O)NCc1nnc(C(C)C)o1. The van der Waals surface area contributed by atoms with Gasteiger partial charge in [0, 0.05) is 12.3 Å². The Hall–Kier alpha value is -2.37. The molecule has 118 valence electrons. The van der Waals surface area contributed by atoms with Gasteiger partial charge >= 0.3 is 0 Å². The van der Waals surface area contributed by atoms with Crippen LogP contribution >= 0.6 is 0 Å². The smallest absolute Gasteiger partial charge is 0.235 e. The zero-order chi connectivity index (χ0) is 15.9. The van der Waals surface area contributed by atoms with Gasteiger partial charge in [0.2, 0.25) is 17.7 Å². The molecule has 0 spiro atoms. The molecule has 6 heteroatoms. The number of para-hydroxylation sites is 1. The lowest BCUT2D eigenvalue weighted by atomic mass is 10.1. The number of nitrogens with zero attached hydrogens (tertiary/aromatic N) is 2. The molecule has 2 rings (SSSR count). The number of nitrogens with one attached hydrogen (secondary N) is 1. The van der Waals surface area contributed by atoms with Gasteiger partial charge < -0.3 is 14.5 Å². The lowest BCUT2D eigenvalue weighted by molar-refractivity contribution is -0.121. The largest absolute Gasteiger partial charge is 0.496 e. The predicted molar refractivity (Wildman–Crippen MR) is 81.5 cm³/mol. The molecule has 0 unspecified atom stereocenters. The van der Waals surface area contributed by atoms with Crippen LogP contribution in [0.15, 0.2) is 28.7 Å². The highest BCUT2D eigenvalue weighted by molar-refractivity contribution is 5.76. The van der Waals surface area contributed by atoms with Gasteiger partial charge in [-0.15, -0.1) is 10.2 Å². The number of ether oxygens (including phenoxy) is 1. The molecule has 0 saturated carbocycles. The highest BCUT2D eigenvalue weighted by atomic mass is 16.5. The molecule has 1 aromatic carbocycles. The van der Waals surface area contributed by atoms with Gasteiger partial charge in [-0.05, 0) is 18.1 Å². The maximum Gasteiger partial charge on any atom is 0.235 e. The van der Waals surface area contributed by atoms with Crippen molar-refractivity contribution in [3.05, 3.63) is 41.6 Å². The molecule has 0 fully saturated rings. The summed E-state index contributed by atoms with van der Waals surface area (Å²) in [5, 5.41) is 10.6. The number of amides is 1. The van der Waals surface area contributed by atoms with Crippen LogP contribution in [0.1, 0.15) is 43.5 Å². The minimum Gasteiger partial charge on any atom is -0.496 e. The number of aryl methyl sites for hydroxylation is 1. The van der Waals surface area contributed by atoms with Crippen molar-refractivity contribution >= 4 is 5.91 Å². The second-order valence-electron chi connectivity index (χ2n) is 5.28. The third-order valence-electron chi connectivity index (χ3n) is 3.23. The first-order chi connectivity index (χ1) is 10.6. The van der Waals surface area contributed by atoms with Crippen molar-refractivity contribution in [1.29, 1.82) is 0 Å². The number of benzene rings is 1. The van der Waals surface area contributed by atoms with Crippen molar-refractivity contribution in [2.75, 3.05) is 7.11 Å². The highest BCUT2D eigenvalue weighted by Gasteiger charge is 2.11. The average molecular weight is 303 g/mol. The van der Waals surface area contributed by atoms with E-state index >= 15 is 0 Å². The zero-order valence-electron chi connectivity index (χ0n) is 13.1. The van der Waals surface area contributed by atoms with Gasteiger partial charge in [-0.25, -0.2) is 0 Å². The summed E-state index contributed by atoms with van der Waals surface area (Å²) in [6.45, 7) is 4.21. The molecule has 0 aliphatic carbocycles. The normalized spacial score (nSPS) is 10.7. The van der Waals surface area contributed by atoms with E-state index < -0.39 is 0 Å². The second-order valence-corrected chi connectivity index (χ2v) is 5.28. The molecule has 0 aliphatic rings. The third kappa shape index (κ3) is 4.31. The zero-order valence-corrected chi connectivity index (χ0v) is 13.1. The van der Waals surface area contributed by atoms with Crippen molar-refractivity contribution in [3.8, 4) is 5.75 Å². The van der Waals surface area contributed by atoms with Crippen LogP contribution in [0.5, 0.6) is 5.75 Å². The maximum atomic E-state index is 11.9. The summed E-state index contributed by atoms with van der Waals surface area (Å²) in [6.07, 6.45) is 1.00. The topological polar surface area (TPSA) is 77.2 Å². The Morgan fingerprint density at radius 1 is 1.32 bits per heavy atom. The first kappa shape index (κ1) is 16.0. The van der Waals surface area contributed by atoms with Crippen LogP contribution in [0.25, 0.3) is 0 Å². The molecule has 0 radical (unpaired) electrons. The highest BCUT2D eigenvalue weighted by Crippen LogP contribution is 2.18. The van der Waals surface area contributed by atoms with Crippen LogP contribution in [0.4, 0.5) is 0 Å². The van der Waals surface area contributed by atoms with E-state index in [-0.39, 0.29) is 18.4 Å². The molecule has 1 aromatic heterocycles. The maximum absolute atomic E-state index is 11.9. The van der Waals surface area contributed by atoms with Crippen LogP contribution in [0.3, 0.4) is 0 Å². The van der Waals surface area contributed by atoms with Crippen molar-refractivity contribution in [1.82, 2.24) is 15.5 Å². The second kappa shape index (κ2) is 7.59. The summed E-state index contributed by atoms with van der Waals surface area (Å²) < 4.78 is 10.7. The Morgan fingerprint density at radius 3 is 2.77 bits per heavy atom. The van der Waals surface area contributed by atoms with Crippen LogP contribution < -0.4 is 10.1 Å². The summed E-state index contributed by atoms with van der Waals surface area (Å²) in [6, 6.07) is 7.68. The monoisotopic (exact) mass is 303 g/mol. The van der Waals surface area contributed by atoms with Crippen LogP contribution in [0, 0.1) is 0 Å². The summed E-state index contributed by atoms with van der Waals surface area (Å²) in [5.41, 5.74) is 1.01. The van der Waals surface area contributed by atoms with Gasteiger partial charge in [0.05, 0.1) is 13.7 Å². The van der Waals surface area contributed by atoms with Crippen LogP contribution in [0.2, 0.25) is 0 Å². The Kier molecular flexibility index (Phi) is 5.52. The molecule has 1 N–H and O–H groups in total. The predicted octanol–water partition coefficient (Wildman–Crippen LogP) is 2.45. The van der Waals surface area contributed by atoms with E-state index in [0.29, 0.717) is 24.6 Å². The number of aromatic nitrogens is 2. The molecule has 0 saturated heterocycles. The fraction of sp³-hybridized carbons (Fsp3) is 0.438. The molecule has 6 nitrogen and oxygen atoms in total. The Balaban J connectivity index is 1.80. The first-order valence-corrected chi connectivity index (χ1v) is 7.31. The molecule has 1 heterocycles. The van der Waals surface area contributed by atoms with Crippen molar-refractivity contribution in [3.63, 3.8) is 0 Å². The van der Waals surface area contributed by atoms with E-state index in [4.69, 9.17) is 9.15 Å². The van der Waals surface area contributed by atoms with Crippen molar-refractivity contribution in [2.45, 2.75) is 39.2 Å². The molecule has 1 amide bonds. The average Bonchev–Trinajstić information content (AvgIpc) is 3.00. The quantitative estimate of drug-likeness (QED) is 0.850. The molecular weight excluding hydrogens is 282 g/mol. The lowest BCUT2D eigenvalue weighted by Crippen LogP contribution is -2.23. The Morgan fingerprint density at radius 2 is 2.09 bits per heavy atom. The van der Waals surface area contributed by atoms with Gasteiger partial charge in [0.1, 0.15) is 5.75 Å². The number of hydrogen-bond acceptors (Lipinski definition) is 5. The molecule has 0 atom stereocenters. The van der Waals surface area contributed by atoms with Gasteiger partial charge in [-0.1, -0.05) is 32.0 Å². The van der Waals surface area contributed by atoms with Crippen LogP contribution in [-0.4, -0.2) is 23.2 Å². The molecule has 22 heavy (non-hydrogen) atoms. The van der Waals surface area contributed by atoms with E-state index in [9.17, 15) is 4.79 Å². The van der Waals surface area contributed by atoms with Gasteiger partial charge in [-0.2, -0.15) is 0 Å². The minimum atomic E-state index is -0.0600. The number of methoxy groups -OCH3 is 1. The lowest BCUT2D eigenvalue weighted by Gasteiger charge is -2.07. The molecule has 0 aliphatic heterocycles. The van der Waals surface area contributed by atoms with E-state index in [2.05, 4.69) is 15.5 Å². The number of rotatable bonds is 7. The van der Waals surface area contributed by atoms with E-state index in [1.165, 1.54) is 0 Å². The first-order valence-electron chi connectivity index (χ1n) is 7.31. The van der Waals surface area contributed by atoms with Crippen molar-refractivity contribution in [2.24, 2.45) is 0 Å². The van der Waals surface area contributed by atoms with Crippen LogP contribution in [-0.2, 0) is 17.8 Å². The summed E-state index contributed by atoms with van der Waals surface area (Å²) in [5.74, 6) is 1.93. The fourth-order valence-corrected chi connectivity index (χ4v) is 1.99. The van der Waals surface area contributed by atoms with E-state index in [1.54, 1.807) is 7.11 Å².